The zero-order chi connectivity index (χ0) is 5.86. The molecule has 0 aromatic carbocycles. The van der Waals surface area contributed by atoms with Crippen molar-refractivity contribution in [1.82, 2.24) is 0 Å². The van der Waals surface area contributed by atoms with E-state index in [1.54, 1.807) is 0 Å². The van der Waals surface area contributed by atoms with E-state index < -0.39 is 11.2 Å². The van der Waals surface area contributed by atoms with Crippen LogP contribution in [0.3, 0.4) is 0 Å². The topological polar surface area (TPSA) is 46.5 Å². The van der Waals surface area contributed by atoms with Gasteiger partial charge in [-0.15, -0.1) is 0 Å². The van der Waals surface area contributed by atoms with Gasteiger partial charge in [-0.05, 0) is 0 Å². The van der Waals surface area contributed by atoms with Crippen LogP contribution in [0.15, 0.2) is 0 Å². The maximum Gasteiger partial charge on any atom is 1.00 e. The first-order chi connectivity index (χ1) is 3.13. The Morgan fingerprint density at radius 1 is 1.75 bits per heavy atom. The molecule has 0 amide bonds. The van der Waals surface area contributed by atoms with E-state index in [1.165, 1.54) is 0 Å². The summed E-state index contributed by atoms with van der Waals surface area (Å²) < 4.78 is 3.70. The average molecular weight is 185 g/mol. The fourth-order valence-corrected chi connectivity index (χ4v) is 0.229. The van der Waals surface area contributed by atoms with Crippen LogP contribution in [0.2, 0.25) is 0 Å². The summed E-state index contributed by atoms with van der Waals surface area (Å²) in [5.41, 5.74) is 0. The van der Waals surface area contributed by atoms with Crippen LogP contribution in [0.5, 0.6) is 0 Å². The van der Waals surface area contributed by atoms with Crippen LogP contribution in [0.1, 0.15) is 1.43 Å². The molecule has 44 valence electrons. The van der Waals surface area contributed by atoms with Crippen molar-refractivity contribution < 1.29 is 67.4 Å². The Balaban J connectivity index is -0.000000180. The predicted octanol–water partition coefficient (Wildman–Crippen LogP) is -1.44. The Morgan fingerprint density at radius 3 is 2.12 bits per heavy atom. The SMILES string of the molecule is O=C(O)OC(Cl)Cl.[H-].[K+]. The number of carbonyl (C=O) groups is 1. The molecule has 0 heterocycles. The molecular weight excluding hydrogens is 182 g/mol. The van der Waals surface area contributed by atoms with Crippen LogP contribution >= 0.6 is 23.2 Å². The second kappa shape index (κ2) is 6.60. The third-order valence-electron chi connectivity index (χ3n) is 0.190. The molecule has 0 spiro atoms. The van der Waals surface area contributed by atoms with Crippen molar-refractivity contribution in [2.24, 2.45) is 0 Å². The van der Waals surface area contributed by atoms with E-state index in [0.29, 0.717) is 0 Å². The van der Waals surface area contributed by atoms with Crippen LogP contribution in [0.4, 0.5) is 4.79 Å². The van der Waals surface area contributed by atoms with Gasteiger partial charge in [-0.1, -0.05) is 23.2 Å². The molecule has 0 aliphatic carbocycles. The summed E-state index contributed by atoms with van der Waals surface area (Å²) in [6, 6.07) is 0. The summed E-state index contributed by atoms with van der Waals surface area (Å²) in [7, 11) is 0. The molecule has 0 bridgehead atoms. The summed E-state index contributed by atoms with van der Waals surface area (Å²) in [4.78, 5) is 9.42. The minimum absolute atomic E-state index is 0. The van der Waals surface area contributed by atoms with E-state index in [0.717, 1.165) is 0 Å². The predicted molar refractivity (Wildman–Crippen MR) is 25.7 cm³/mol. The first-order valence-corrected chi connectivity index (χ1v) is 2.18. The van der Waals surface area contributed by atoms with Gasteiger partial charge in [0, 0.05) is 0 Å². The molecule has 0 fully saturated rings. The molecule has 6 heteroatoms. The van der Waals surface area contributed by atoms with E-state index in [-0.39, 0.29) is 52.8 Å². The monoisotopic (exact) mass is 184 g/mol. The molecular formula is C2H3Cl2KO3. The van der Waals surface area contributed by atoms with Gasteiger partial charge in [-0.2, -0.15) is 0 Å². The fraction of sp³-hybridized carbons (Fsp3) is 0.500. The Morgan fingerprint density at radius 2 is 2.12 bits per heavy atom. The van der Waals surface area contributed by atoms with Crippen LogP contribution in [-0.4, -0.2) is 16.3 Å². The van der Waals surface area contributed by atoms with E-state index in [1.807, 2.05) is 0 Å². The van der Waals surface area contributed by atoms with Gasteiger partial charge in [-0.25, -0.2) is 4.79 Å². The first kappa shape index (κ1) is 12.2. The summed E-state index contributed by atoms with van der Waals surface area (Å²) >= 11 is 9.67. The minimum Gasteiger partial charge on any atom is -1.00 e. The number of hydrogen-bond donors (Lipinski definition) is 1. The Kier molecular flexibility index (Phi) is 10.1. The van der Waals surface area contributed by atoms with Crippen LogP contribution < -0.4 is 51.4 Å². The molecule has 3 nitrogen and oxygen atoms in total. The Labute approximate surface area is 100 Å². The van der Waals surface area contributed by atoms with Gasteiger partial charge in [0.2, 0.25) is 0 Å². The Bertz CT molecular complexity index is 80.2. The zero-order valence-corrected chi connectivity index (χ0v) is 8.73. The third kappa shape index (κ3) is 10.5. The van der Waals surface area contributed by atoms with Crippen molar-refractivity contribution in [2.75, 3.05) is 0 Å². The molecule has 0 unspecified atom stereocenters. The molecule has 0 rings (SSSR count). The normalized spacial score (nSPS) is 7.88. The molecule has 0 aromatic heterocycles. The average Bonchev–Trinajstić information content (AvgIpc) is 1.27. The van der Waals surface area contributed by atoms with E-state index in [4.69, 9.17) is 28.3 Å². The largest absolute Gasteiger partial charge is 1.00 e. The van der Waals surface area contributed by atoms with Crippen LogP contribution in [-0.2, 0) is 4.74 Å². The number of ether oxygens (including phenoxy) is 1. The molecule has 0 aliphatic heterocycles. The first-order valence-electron chi connectivity index (χ1n) is 1.30. The van der Waals surface area contributed by atoms with Gasteiger partial charge in [0.25, 0.3) is 5.02 Å². The molecule has 8 heavy (non-hydrogen) atoms. The molecule has 0 saturated heterocycles. The van der Waals surface area contributed by atoms with Crippen LogP contribution in [0, 0.1) is 0 Å². The van der Waals surface area contributed by atoms with E-state index in [2.05, 4.69) is 4.74 Å². The fourth-order valence-electron chi connectivity index (χ4n) is 0.0762. The molecule has 0 radical (unpaired) electrons. The Hall–Kier alpha value is 1.49. The standard InChI is InChI=1S/C2H2Cl2O3.K.H/c3-1(4)7-2(5)6;;/h1H,(H,5,6);;/q;+1;-1. The summed E-state index contributed by atoms with van der Waals surface area (Å²) in [5.74, 6) is 0. The smallest absolute Gasteiger partial charge is 1.00 e. The van der Waals surface area contributed by atoms with E-state index in [9.17, 15) is 4.79 Å². The summed E-state index contributed by atoms with van der Waals surface area (Å²) in [5, 5.41) is 6.41. The number of halogens is 2. The molecule has 1 N–H and O–H groups in total. The van der Waals surface area contributed by atoms with E-state index >= 15 is 0 Å². The third-order valence-corrected chi connectivity index (χ3v) is 0.368. The quantitative estimate of drug-likeness (QED) is 0.309. The number of carboxylic acid groups (broad SMARTS) is 1. The zero-order valence-electron chi connectivity index (χ0n) is 5.10. The summed E-state index contributed by atoms with van der Waals surface area (Å²) in [6.45, 7) is 0. The van der Waals surface area contributed by atoms with Gasteiger partial charge in [0.05, 0.1) is 0 Å². The second-order valence-corrected chi connectivity index (χ2v) is 1.66. The van der Waals surface area contributed by atoms with Crippen molar-refractivity contribution in [3.05, 3.63) is 0 Å². The molecule has 0 saturated carbocycles. The van der Waals surface area contributed by atoms with Crippen molar-refractivity contribution in [3.8, 4) is 0 Å². The summed E-state index contributed by atoms with van der Waals surface area (Å²) in [6.07, 6.45) is -1.48. The van der Waals surface area contributed by atoms with Crippen molar-refractivity contribution in [3.63, 3.8) is 0 Å². The van der Waals surface area contributed by atoms with Crippen molar-refractivity contribution in [2.45, 2.75) is 5.02 Å². The number of hydrogen-bond acceptors (Lipinski definition) is 2. The molecule has 0 aliphatic rings. The van der Waals surface area contributed by atoms with Gasteiger partial charge >= 0.3 is 57.5 Å². The van der Waals surface area contributed by atoms with Crippen LogP contribution in [0.25, 0.3) is 0 Å². The minimum atomic E-state index is -1.48. The maximum absolute atomic E-state index is 9.42. The second-order valence-electron chi connectivity index (χ2n) is 0.644. The van der Waals surface area contributed by atoms with Gasteiger partial charge in [0.15, 0.2) is 0 Å². The van der Waals surface area contributed by atoms with Gasteiger partial charge in [-0.3, -0.25) is 0 Å². The van der Waals surface area contributed by atoms with Gasteiger partial charge in [0.1, 0.15) is 0 Å². The van der Waals surface area contributed by atoms with Crippen molar-refractivity contribution >= 4 is 29.4 Å². The number of rotatable bonds is 1. The maximum atomic E-state index is 9.42. The molecule has 0 aromatic rings. The molecule has 0 atom stereocenters. The van der Waals surface area contributed by atoms with Crippen molar-refractivity contribution in [1.29, 1.82) is 0 Å². The number of alkyl halides is 2. The van der Waals surface area contributed by atoms with Gasteiger partial charge < -0.3 is 11.3 Å².